The van der Waals surface area contributed by atoms with E-state index in [1.54, 1.807) is 0 Å². The zero-order valence-electron chi connectivity index (χ0n) is 19.9. The van der Waals surface area contributed by atoms with Gasteiger partial charge in [-0.25, -0.2) is 4.79 Å². The SMILES string of the molecule is COB(O)c1ccccc1CN(CCNC(=O)OC(C)(C)C)Cc1cccc2ccccc12. The average Bonchev–Trinajstić information content (AvgIpc) is 2.78. The fourth-order valence-electron chi connectivity index (χ4n) is 3.80. The van der Waals surface area contributed by atoms with Crippen molar-refractivity contribution >= 4 is 29.4 Å². The minimum Gasteiger partial charge on any atom is -0.444 e. The second-order valence-electron chi connectivity index (χ2n) is 9.06. The average molecular weight is 448 g/mol. The number of carbonyl (C=O) groups excluding carboxylic acids is 1. The van der Waals surface area contributed by atoms with Crippen LogP contribution in [0, 0.1) is 0 Å². The molecule has 33 heavy (non-hydrogen) atoms. The van der Waals surface area contributed by atoms with Crippen LogP contribution in [0.2, 0.25) is 0 Å². The van der Waals surface area contributed by atoms with Crippen molar-refractivity contribution in [2.45, 2.75) is 39.5 Å². The monoisotopic (exact) mass is 448 g/mol. The number of carbonyl (C=O) groups is 1. The minimum atomic E-state index is -0.986. The first-order valence-corrected chi connectivity index (χ1v) is 11.2. The molecule has 0 spiro atoms. The van der Waals surface area contributed by atoms with E-state index in [1.807, 2.05) is 57.2 Å². The summed E-state index contributed by atoms with van der Waals surface area (Å²) < 4.78 is 10.5. The molecule has 0 saturated heterocycles. The Bertz CT molecular complexity index is 1060. The molecule has 0 aliphatic rings. The number of ether oxygens (including phenoxy) is 1. The lowest BCUT2D eigenvalue weighted by atomic mass is 9.76. The van der Waals surface area contributed by atoms with Gasteiger partial charge in [0, 0.05) is 33.3 Å². The Morgan fingerprint density at radius 1 is 0.970 bits per heavy atom. The number of rotatable bonds is 9. The Balaban J connectivity index is 1.80. The van der Waals surface area contributed by atoms with E-state index in [9.17, 15) is 9.82 Å². The van der Waals surface area contributed by atoms with Crippen molar-refractivity contribution < 1.29 is 19.2 Å². The predicted molar refractivity (Wildman–Crippen MR) is 133 cm³/mol. The smallest absolute Gasteiger partial charge is 0.444 e. The van der Waals surface area contributed by atoms with Crippen LogP contribution in [0.3, 0.4) is 0 Å². The van der Waals surface area contributed by atoms with Crippen LogP contribution in [0.1, 0.15) is 31.9 Å². The summed E-state index contributed by atoms with van der Waals surface area (Å²) in [4.78, 5) is 14.4. The van der Waals surface area contributed by atoms with Crippen molar-refractivity contribution in [3.8, 4) is 0 Å². The number of nitrogens with zero attached hydrogens (tertiary/aromatic N) is 1. The minimum absolute atomic E-state index is 0.428. The molecule has 0 atom stereocenters. The normalized spacial score (nSPS) is 11.6. The van der Waals surface area contributed by atoms with Crippen LogP contribution in [0.4, 0.5) is 4.79 Å². The molecule has 6 nitrogen and oxygen atoms in total. The number of benzene rings is 3. The number of fused-ring (bicyclic) bond motifs is 1. The summed E-state index contributed by atoms with van der Waals surface area (Å²) in [5.74, 6) is 0. The summed E-state index contributed by atoms with van der Waals surface area (Å²) in [6, 6.07) is 22.3. The largest absolute Gasteiger partial charge is 0.491 e. The van der Waals surface area contributed by atoms with Gasteiger partial charge in [-0.3, -0.25) is 4.90 Å². The van der Waals surface area contributed by atoms with Crippen molar-refractivity contribution in [3.63, 3.8) is 0 Å². The fourth-order valence-corrected chi connectivity index (χ4v) is 3.80. The standard InChI is InChI=1S/C26H33BN2O4/c1-26(2,3)33-25(30)28-16-17-29(19-22-11-6-8-15-24(22)27(31)32-4)18-21-13-9-12-20-10-5-7-14-23(20)21/h5-15,31H,16-19H2,1-4H3,(H,28,30). The third-order valence-corrected chi connectivity index (χ3v) is 5.31. The van der Waals surface area contributed by atoms with Gasteiger partial charge in [0.1, 0.15) is 5.60 Å². The highest BCUT2D eigenvalue weighted by Gasteiger charge is 2.21. The molecule has 3 aromatic rings. The number of nitrogens with one attached hydrogen (secondary N) is 1. The summed E-state index contributed by atoms with van der Waals surface area (Å²) in [6.45, 7) is 7.87. The molecule has 174 valence electrons. The lowest BCUT2D eigenvalue weighted by Gasteiger charge is -2.25. The molecule has 0 unspecified atom stereocenters. The molecule has 0 bridgehead atoms. The first-order valence-electron chi connectivity index (χ1n) is 11.2. The highest BCUT2D eigenvalue weighted by atomic mass is 16.6. The molecule has 0 radical (unpaired) electrons. The van der Waals surface area contributed by atoms with Crippen molar-refractivity contribution in [1.29, 1.82) is 0 Å². The van der Waals surface area contributed by atoms with Crippen LogP contribution in [0.25, 0.3) is 10.8 Å². The maximum absolute atomic E-state index is 12.1. The maximum atomic E-state index is 12.1. The van der Waals surface area contributed by atoms with Crippen LogP contribution in [-0.4, -0.2) is 48.9 Å². The zero-order valence-corrected chi connectivity index (χ0v) is 19.9. The van der Waals surface area contributed by atoms with Gasteiger partial charge >= 0.3 is 13.2 Å². The van der Waals surface area contributed by atoms with Gasteiger partial charge in [-0.2, -0.15) is 0 Å². The van der Waals surface area contributed by atoms with Gasteiger partial charge in [-0.15, -0.1) is 0 Å². The molecule has 0 aliphatic heterocycles. The van der Waals surface area contributed by atoms with Crippen molar-refractivity contribution in [3.05, 3.63) is 77.9 Å². The van der Waals surface area contributed by atoms with E-state index in [2.05, 4.69) is 40.5 Å². The third-order valence-electron chi connectivity index (χ3n) is 5.31. The summed E-state index contributed by atoms with van der Waals surface area (Å²) in [5, 5.41) is 15.5. The Morgan fingerprint density at radius 3 is 2.36 bits per heavy atom. The number of alkyl carbamates (subject to hydrolysis) is 1. The van der Waals surface area contributed by atoms with E-state index < -0.39 is 18.8 Å². The molecule has 0 aliphatic carbocycles. The van der Waals surface area contributed by atoms with E-state index in [-0.39, 0.29) is 0 Å². The Labute approximate surface area is 196 Å². The number of hydrogen-bond donors (Lipinski definition) is 2. The Hall–Kier alpha value is -2.87. The predicted octanol–water partition coefficient (Wildman–Crippen LogP) is 3.70. The van der Waals surface area contributed by atoms with Crippen LogP contribution >= 0.6 is 0 Å². The van der Waals surface area contributed by atoms with Gasteiger partial charge in [-0.05, 0) is 48.1 Å². The molecule has 1 amide bonds. The molecule has 0 heterocycles. The molecule has 2 N–H and O–H groups in total. The number of hydrogen-bond acceptors (Lipinski definition) is 5. The van der Waals surface area contributed by atoms with Gasteiger partial charge in [-0.1, -0.05) is 66.7 Å². The number of amides is 1. The third kappa shape index (κ3) is 7.32. The molecule has 0 fully saturated rings. The van der Waals surface area contributed by atoms with Crippen LogP contribution in [0.5, 0.6) is 0 Å². The molecule has 0 aromatic heterocycles. The first kappa shape index (κ1) is 24.8. The molecular weight excluding hydrogens is 415 g/mol. The second-order valence-corrected chi connectivity index (χ2v) is 9.06. The lowest BCUT2D eigenvalue weighted by molar-refractivity contribution is 0.0521. The van der Waals surface area contributed by atoms with Crippen LogP contribution in [-0.2, 0) is 22.5 Å². The van der Waals surface area contributed by atoms with Gasteiger partial charge < -0.3 is 19.7 Å². The quantitative estimate of drug-likeness (QED) is 0.489. The second kappa shape index (κ2) is 11.3. The van der Waals surface area contributed by atoms with E-state index in [0.29, 0.717) is 26.2 Å². The molecular formula is C26H33BN2O4. The molecule has 0 saturated carbocycles. The Kier molecular flexibility index (Phi) is 8.50. The molecule has 7 heteroatoms. The van der Waals surface area contributed by atoms with E-state index in [0.717, 1.165) is 11.0 Å². The summed E-state index contributed by atoms with van der Waals surface area (Å²) in [5.41, 5.74) is 2.38. The molecule has 3 rings (SSSR count). The van der Waals surface area contributed by atoms with Crippen molar-refractivity contribution in [2.24, 2.45) is 0 Å². The van der Waals surface area contributed by atoms with Crippen LogP contribution < -0.4 is 10.8 Å². The Morgan fingerprint density at radius 2 is 1.61 bits per heavy atom. The van der Waals surface area contributed by atoms with Gasteiger partial charge in [0.25, 0.3) is 0 Å². The van der Waals surface area contributed by atoms with E-state index in [1.165, 1.54) is 23.4 Å². The van der Waals surface area contributed by atoms with E-state index >= 15 is 0 Å². The van der Waals surface area contributed by atoms with Gasteiger partial charge in [0.2, 0.25) is 0 Å². The van der Waals surface area contributed by atoms with Crippen LogP contribution in [0.15, 0.2) is 66.7 Å². The van der Waals surface area contributed by atoms with E-state index in [4.69, 9.17) is 9.39 Å². The fraction of sp³-hybridized carbons (Fsp3) is 0.346. The van der Waals surface area contributed by atoms with Gasteiger partial charge in [0.15, 0.2) is 0 Å². The highest BCUT2D eigenvalue weighted by Crippen LogP contribution is 2.20. The van der Waals surface area contributed by atoms with Crippen molar-refractivity contribution in [2.75, 3.05) is 20.2 Å². The topological polar surface area (TPSA) is 71.0 Å². The zero-order chi connectivity index (χ0) is 23.8. The highest BCUT2D eigenvalue weighted by molar-refractivity contribution is 6.60. The summed E-state index contributed by atoms with van der Waals surface area (Å²) in [6.07, 6.45) is -0.428. The first-order chi connectivity index (χ1) is 15.8. The van der Waals surface area contributed by atoms with Crippen molar-refractivity contribution in [1.82, 2.24) is 10.2 Å². The summed E-state index contributed by atoms with van der Waals surface area (Å²) >= 11 is 0. The lowest BCUT2D eigenvalue weighted by Crippen LogP contribution is -2.40. The van der Waals surface area contributed by atoms with Gasteiger partial charge in [0.05, 0.1) is 0 Å². The molecule has 3 aromatic carbocycles. The maximum Gasteiger partial charge on any atom is 0.491 e. The summed E-state index contributed by atoms with van der Waals surface area (Å²) in [7, 11) is 0.501.